The van der Waals surface area contributed by atoms with Crippen molar-refractivity contribution in [1.29, 1.82) is 0 Å². The molecule has 3 aromatic carbocycles. The molecule has 3 heteroatoms. The van der Waals surface area contributed by atoms with Crippen molar-refractivity contribution in [1.82, 2.24) is 0 Å². The van der Waals surface area contributed by atoms with E-state index >= 15 is 0 Å². The first-order chi connectivity index (χ1) is 10.7. The molecule has 22 heavy (non-hydrogen) atoms. The van der Waals surface area contributed by atoms with Crippen LogP contribution < -0.4 is 0 Å². The number of hydrogen-bond acceptors (Lipinski definition) is 2. The predicted molar refractivity (Wildman–Crippen MR) is 91.9 cm³/mol. The summed E-state index contributed by atoms with van der Waals surface area (Å²) in [6.45, 7) is 0. The Hall–Kier alpha value is -2.03. The highest BCUT2D eigenvalue weighted by atomic mass is 35.5. The number of benzene rings is 3. The van der Waals surface area contributed by atoms with Crippen molar-refractivity contribution in [2.75, 3.05) is 0 Å². The molecular weight excluding hydrogens is 312 g/mol. The summed E-state index contributed by atoms with van der Waals surface area (Å²) in [7, 11) is 0. The van der Waals surface area contributed by atoms with E-state index in [9.17, 15) is 4.79 Å². The molecule has 0 bridgehead atoms. The number of rotatable bonds is 4. The van der Waals surface area contributed by atoms with Crippen LogP contribution in [0.1, 0.15) is 15.9 Å². The van der Waals surface area contributed by atoms with Crippen LogP contribution in [0.4, 0.5) is 0 Å². The van der Waals surface area contributed by atoms with E-state index in [1.807, 2.05) is 42.5 Å². The van der Waals surface area contributed by atoms with Crippen molar-refractivity contribution in [3.05, 3.63) is 95.0 Å². The Labute approximate surface area is 138 Å². The van der Waals surface area contributed by atoms with E-state index in [2.05, 4.69) is 12.1 Å². The largest absolute Gasteiger partial charge is 0.289 e. The Morgan fingerprint density at radius 1 is 0.727 bits per heavy atom. The third-order valence-corrected chi connectivity index (χ3v) is 4.43. The Kier molecular flexibility index (Phi) is 4.62. The van der Waals surface area contributed by atoms with E-state index < -0.39 is 0 Å². The molecule has 0 fully saturated rings. The molecule has 0 aliphatic rings. The molecule has 0 aliphatic carbocycles. The highest BCUT2D eigenvalue weighted by molar-refractivity contribution is 7.99. The van der Waals surface area contributed by atoms with E-state index in [-0.39, 0.29) is 5.78 Å². The normalized spacial score (nSPS) is 10.4. The Morgan fingerprint density at radius 3 is 2.09 bits per heavy atom. The second-order valence-corrected chi connectivity index (χ2v) is 6.36. The van der Waals surface area contributed by atoms with Gasteiger partial charge in [-0.1, -0.05) is 53.7 Å². The smallest absolute Gasteiger partial charge is 0.193 e. The fourth-order valence-corrected chi connectivity index (χ4v) is 3.12. The van der Waals surface area contributed by atoms with Gasteiger partial charge in [-0.2, -0.15) is 0 Å². The number of ketones is 1. The van der Waals surface area contributed by atoms with Crippen molar-refractivity contribution in [3.8, 4) is 0 Å². The van der Waals surface area contributed by atoms with Gasteiger partial charge in [0.2, 0.25) is 0 Å². The third kappa shape index (κ3) is 3.59. The minimum absolute atomic E-state index is 0.0150. The van der Waals surface area contributed by atoms with Gasteiger partial charge in [0.25, 0.3) is 0 Å². The topological polar surface area (TPSA) is 17.1 Å². The standard InChI is InChI=1S/C19H13ClOS/c20-16-6-4-5-15(13-16)19(21)14-9-11-18(12-10-14)22-17-7-2-1-3-8-17/h1-13H. The van der Waals surface area contributed by atoms with Crippen molar-refractivity contribution in [2.45, 2.75) is 9.79 Å². The third-order valence-electron chi connectivity index (χ3n) is 3.18. The van der Waals surface area contributed by atoms with Crippen LogP contribution in [0.3, 0.4) is 0 Å². The van der Waals surface area contributed by atoms with Crippen LogP contribution in [0, 0.1) is 0 Å². The fraction of sp³-hybridized carbons (Fsp3) is 0. The molecule has 0 aliphatic heterocycles. The van der Waals surface area contributed by atoms with Crippen LogP contribution in [0.25, 0.3) is 0 Å². The van der Waals surface area contributed by atoms with E-state index in [0.29, 0.717) is 16.1 Å². The van der Waals surface area contributed by atoms with Crippen molar-refractivity contribution in [3.63, 3.8) is 0 Å². The van der Waals surface area contributed by atoms with Gasteiger partial charge in [-0.3, -0.25) is 4.79 Å². The number of carbonyl (C=O) groups excluding carboxylic acids is 1. The van der Waals surface area contributed by atoms with Crippen molar-refractivity contribution < 1.29 is 4.79 Å². The minimum atomic E-state index is -0.0150. The molecule has 0 atom stereocenters. The van der Waals surface area contributed by atoms with Gasteiger partial charge in [-0.25, -0.2) is 0 Å². The second-order valence-electron chi connectivity index (χ2n) is 4.78. The lowest BCUT2D eigenvalue weighted by Gasteiger charge is -2.04. The molecule has 0 saturated heterocycles. The molecule has 3 rings (SSSR count). The molecule has 0 amide bonds. The van der Waals surface area contributed by atoms with Gasteiger partial charge in [-0.05, 0) is 48.5 Å². The quantitative estimate of drug-likeness (QED) is 0.571. The summed E-state index contributed by atoms with van der Waals surface area (Å²) < 4.78 is 0. The average molecular weight is 325 g/mol. The van der Waals surface area contributed by atoms with Crippen molar-refractivity contribution >= 4 is 29.1 Å². The SMILES string of the molecule is O=C(c1ccc(Sc2ccccc2)cc1)c1cccc(Cl)c1. The number of hydrogen-bond donors (Lipinski definition) is 0. The van der Waals surface area contributed by atoms with E-state index in [1.54, 1.807) is 36.0 Å². The summed E-state index contributed by atoms with van der Waals surface area (Å²) in [5.41, 5.74) is 1.27. The van der Waals surface area contributed by atoms with Crippen LogP contribution in [-0.2, 0) is 0 Å². The Morgan fingerprint density at radius 2 is 1.41 bits per heavy atom. The van der Waals surface area contributed by atoms with Crippen LogP contribution in [-0.4, -0.2) is 5.78 Å². The highest BCUT2D eigenvalue weighted by Crippen LogP contribution is 2.27. The summed E-state index contributed by atoms with van der Waals surface area (Å²) in [5.74, 6) is -0.0150. The first-order valence-corrected chi connectivity index (χ1v) is 8.05. The predicted octanol–water partition coefficient (Wildman–Crippen LogP) is 5.72. The zero-order valence-corrected chi connectivity index (χ0v) is 13.3. The molecule has 1 nitrogen and oxygen atoms in total. The van der Waals surface area contributed by atoms with Gasteiger partial charge >= 0.3 is 0 Å². The zero-order valence-electron chi connectivity index (χ0n) is 11.7. The van der Waals surface area contributed by atoms with Crippen molar-refractivity contribution in [2.24, 2.45) is 0 Å². The van der Waals surface area contributed by atoms with Crippen LogP contribution >= 0.6 is 23.4 Å². The van der Waals surface area contributed by atoms with Gasteiger partial charge in [0.05, 0.1) is 0 Å². The maximum absolute atomic E-state index is 12.4. The first kappa shape index (κ1) is 14.9. The van der Waals surface area contributed by atoms with Crippen LogP contribution in [0.2, 0.25) is 5.02 Å². The van der Waals surface area contributed by atoms with Gasteiger partial charge in [0.15, 0.2) is 5.78 Å². The van der Waals surface area contributed by atoms with Gasteiger partial charge in [0, 0.05) is 25.9 Å². The average Bonchev–Trinajstić information content (AvgIpc) is 2.56. The summed E-state index contributed by atoms with van der Waals surface area (Å²) >= 11 is 7.61. The summed E-state index contributed by atoms with van der Waals surface area (Å²) in [4.78, 5) is 14.7. The second kappa shape index (κ2) is 6.82. The fourth-order valence-electron chi connectivity index (χ4n) is 2.10. The first-order valence-electron chi connectivity index (χ1n) is 6.85. The lowest BCUT2D eigenvalue weighted by molar-refractivity contribution is 0.103. The minimum Gasteiger partial charge on any atom is -0.289 e. The number of halogens is 1. The molecule has 0 aromatic heterocycles. The molecule has 0 N–H and O–H groups in total. The van der Waals surface area contributed by atoms with E-state index in [1.165, 1.54) is 4.90 Å². The molecule has 0 unspecified atom stereocenters. The highest BCUT2D eigenvalue weighted by Gasteiger charge is 2.09. The molecular formula is C19H13ClOS. The van der Waals surface area contributed by atoms with Crippen LogP contribution in [0.15, 0.2) is 88.7 Å². The molecule has 3 aromatic rings. The molecule has 0 radical (unpaired) electrons. The van der Waals surface area contributed by atoms with Crippen LogP contribution in [0.5, 0.6) is 0 Å². The van der Waals surface area contributed by atoms with Gasteiger partial charge in [0.1, 0.15) is 0 Å². The Balaban J connectivity index is 1.78. The maximum atomic E-state index is 12.4. The summed E-state index contributed by atoms with van der Waals surface area (Å²) in [5, 5.41) is 0.571. The zero-order chi connectivity index (χ0) is 15.4. The van der Waals surface area contributed by atoms with E-state index in [0.717, 1.165) is 4.90 Å². The molecule has 0 spiro atoms. The van der Waals surface area contributed by atoms with Gasteiger partial charge < -0.3 is 0 Å². The summed E-state index contributed by atoms with van der Waals surface area (Å²) in [6.07, 6.45) is 0. The van der Waals surface area contributed by atoms with Gasteiger partial charge in [-0.15, -0.1) is 0 Å². The van der Waals surface area contributed by atoms with E-state index in [4.69, 9.17) is 11.6 Å². The lowest BCUT2D eigenvalue weighted by Crippen LogP contribution is -2.00. The molecule has 0 heterocycles. The Bertz CT molecular complexity index is 782. The number of carbonyl (C=O) groups is 1. The molecule has 108 valence electrons. The monoisotopic (exact) mass is 324 g/mol. The lowest BCUT2D eigenvalue weighted by atomic mass is 10.0. The maximum Gasteiger partial charge on any atom is 0.193 e. The molecule has 0 saturated carbocycles. The summed E-state index contributed by atoms with van der Waals surface area (Å²) in [6, 6.07) is 24.8.